The maximum Gasteiger partial charge on any atom is 0.165 e. The average molecular weight is 375 g/mol. The number of aromatic nitrogens is 2. The Hall–Kier alpha value is -2.86. The lowest BCUT2D eigenvalue weighted by molar-refractivity contribution is 0.356. The van der Waals surface area contributed by atoms with E-state index in [4.69, 9.17) is 25.8 Å². The van der Waals surface area contributed by atoms with Crippen LogP contribution in [0, 0.1) is 5.82 Å². The quantitative estimate of drug-likeness (QED) is 0.610. The van der Waals surface area contributed by atoms with Gasteiger partial charge in [0.05, 0.1) is 26.8 Å². The summed E-state index contributed by atoms with van der Waals surface area (Å²) in [7, 11) is 4.51. The van der Waals surface area contributed by atoms with Gasteiger partial charge >= 0.3 is 0 Å². The summed E-state index contributed by atoms with van der Waals surface area (Å²) in [6.45, 7) is 0. The fourth-order valence-corrected chi connectivity index (χ4v) is 2.70. The Morgan fingerprint density at radius 3 is 2.23 bits per heavy atom. The molecule has 1 heterocycles. The van der Waals surface area contributed by atoms with Gasteiger partial charge in [-0.3, -0.25) is 0 Å². The number of methoxy groups -OCH3 is 3. The van der Waals surface area contributed by atoms with E-state index in [2.05, 4.69) is 9.97 Å². The topological polar surface area (TPSA) is 53.5 Å². The lowest BCUT2D eigenvalue weighted by atomic mass is 10.2. The molecule has 0 aliphatic rings. The third-order valence-corrected chi connectivity index (χ3v) is 4.06. The van der Waals surface area contributed by atoms with Gasteiger partial charge < -0.3 is 14.2 Å². The van der Waals surface area contributed by atoms with Crippen LogP contribution >= 0.6 is 11.6 Å². The fourth-order valence-electron chi connectivity index (χ4n) is 2.47. The molecule has 0 fully saturated rings. The smallest absolute Gasteiger partial charge is 0.165 e. The molecule has 0 radical (unpaired) electrons. The van der Waals surface area contributed by atoms with Gasteiger partial charge in [-0.2, -0.15) is 0 Å². The summed E-state index contributed by atoms with van der Waals surface area (Å²) in [6, 6.07) is 8.11. The van der Waals surface area contributed by atoms with Crippen molar-refractivity contribution >= 4 is 34.7 Å². The molecular formula is C19H16ClFN2O3. The Morgan fingerprint density at radius 2 is 1.58 bits per heavy atom. The van der Waals surface area contributed by atoms with Crippen LogP contribution in [-0.4, -0.2) is 31.3 Å². The second-order valence-electron chi connectivity index (χ2n) is 5.32. The molecule has 0 atom stereocenters. The molecule has 7 heteroatoms. The van der Waals surface area contributed by atoms with E-state index in [1.54, 1.807) is 50.6 Å². The predicted molar refractivity (Wildman–Crippen MR) is 99.5 cm³/mol. The Bertz CT molecular complexity index is 992. The summed E-state index contributed by atoms with van der Waals surface area (Å²) >= 11 is 6.28. The second-order valence-corrected chi connectivity index (χ2v) is 5.68. The van der Waals surface area contributed by atoms with Crippen LogP contribution in [0.15, 0.2) is 30.3 Å². The van der Waals surface area contributed by atoms with Gasteiger partial charge in [-0.1, -0.05) is 23.7 Å². The zero-order valence-electron chi connectivity index (χ0n) is 14.4. The highest BCUT2D eigenvalue weighted by Crippen LogP contribution is 2.34. The zero-order valence-corrected chi connectivity index (χ0v) is 15.2. The number of nitrogens with zero attached hydrogens (tertiary/aromatic N) is 2. The number of hydrogen-bond donors (Lipinski definition) is 0. The van der Waals surface area contributed by atoms with E-state index in [1.807, 2.05) is 0 Å². The van der Waals surface area contributed by atoms with Crippen molar-refractivity contribution in [1.82, 2.24) is 9.97 Å². The molecule has 0 aliphatic carbocycles. The highest BCUT2D eigenvalue weighted by atomic mass is 35.5. The summed E-state index contributed by atoms with van der Waals surface area (Å²) in [5.74, 6) is 1.23. The van der Waals surface area contributed by atoms with Gasteiger partial charge in [-0.05, 0) is 29.8 Å². The first-order valence-corrected chi connectivity index (χ1v) is 8.04. The van der Waals surface area contributed by atoms with E-state index >= 15 is 0 Å². The summed E-state index contributed by atoms with van der Waals surface area (Å²) in [5.41, 5.74) is 1.26. The van der Waals surface area contributed by atoms with E-state index in [0.29, 0.717) is 33.8 Å². The maximum atomic E-state index is 13.8. The molecule has 3 rings (SSSR count). The van der Waals surface area contributed by atoms with Gasteiger partial charge in [-0.15, -0.1) is 0 Å². The number of fused-ring (bicyclic) bond motifs is 1. The molecule has 0 saturated heterocycles. The molecule has 134 valence electrons. The van der Waals surface area contributed by atoms with Crippen molar-refractivity contribution in [1.29, 1.82) is 0 Å². The lowest BCUT2D eigenvalue weighted by Gasteiger charge is -2.09. The van der Waals surface area contributed by atoms with Crippen LogP contribution in [0.4, 0.5) is 4.39 Å². The standard InChI is InChI=1S/C19H16ClFN2O3/c1-24-15-6-4-11(8-13(15)21)5-7-18-22-14-10-17(26-3)16(25-2)9-12(14)19(20)23-18/h4-10H,1-3H3/b7-5+. The number of benzene rings is 2. The third kappa shape index (κ3) is 3.55. The van der Waals surface area contributed by atoms with Gasteiger partial charge in [0.25, 0.3) is 0 Å². The zero-order chi connectivity index (χ0) is 18.7. The molecule has 2 aromatic carbocycles. The summed E-state index contributed by atoms with van der Waals surface area (Å²) in [4.78, 5) is 8.71. The van der Waals surface area contributed by atoms with Gasteiger partial charge in [0, 0.05) is 11.5 Å². The molecule has 0 saturated carbocycles. The summed E-state index contributed by atoms with van der Waals surface area (Å²) in [6.07, 6.45) is 3.35. The normalized spacial score (nSPS) is 11.1. The minimum absolute atomic E-state index is 0.188. The van der Waals surface area contributed by atoms with Crippen molar-refractivity contribution in [3.63, 3.8) is 0 Å². The van der Waals surface area contributed by atoms with Gasteiger partial charge in [0.15, 0.2) is 28.9 Å². The van der Waals surface area contributed by atoms with E-state index in [1.165, 1.54) is 13.2 Å². The summed E-state index contributed by atoms with van der Waals surface area (Å²) in [5, 5.41) is 0.938. The first-order chi connectivity index (χ1) is 12.5. The number of ether oxygens (including phenoxy) is 3. The Kier molecular flexibility index (Phi) is 5.23. The monoisotopic (exact) mass is 374 g/mol. The van der Waals surface area contributed by atoms with Crippen LogP contribution in [0.5, 0.6) is 17.2 Å². The van der Waals surface area contributed by atoms with E-state index in [0.717, 1.165) is 0 Å². The molecule has 0 bridgehead atoms. The van der Waals surface area contributed by atoms with Gasteiger partial charge in [0.1, 0.15) is 5.15 Å². The van der Waals surface area contributed by atoms with Crippen LogP contribution in [-0.2, 0) is 0 Å². The van der Waals surface area contributed by atoms with Crippen molar-refractivity contribution in [3.8, 4) is 17.2 Å². The largest absolute Gasteiger partial charge is 0.494 e. The van der Waals surface area contributed by atoms with Crippen LogP contribution in [0.2, 0.25) is 5.15 Å². The Labute approximate surface area is 155 Å². The maximum absolute atomic E-state index is 13.8. The van der Waals surface area contributed by atoms with Crippen LogP contribution in [0.25, 0.3) is 23.1 Å². The Balaban J connectivity index is 1.99. The molecule has 0 aliphatic heterocycles. The second kappa shape index (κ2) is 7.58. The summed E-state index contributed by atoms with van der Waals surface area (Å²) < 4.78 is 29.2. The van der Waals surface area contributed by atoms with Crippen molar-refractivity contribution in [2.75, 3.05) is 21.3 Å². The average Bonchev–Trinajstić information content (AvgIpc) is 2.65. The molecule has 3 aromatic rings. The van der Waals surface area contributed by atoms with E-state index < -0.39 is 5.82 Å². The van der Waals surface area contributed by atoms with Crippen molar-refractivity contribution < 1.29 is 18.6 Å². The van der Waals surface area contributed by atoms with E-state index in [-0.39, 0.29) is 10.9 Å². The lowest BCUT2D eigenvalue weighted by Crippen LogP contribution is -1.95. The minimum atomic E-state index is -0.441. The molecule has 0 amide bonds. The first-order valence-electron chi connectivity index (χ1n) is 7.66. The predicted octanol–water partition coefficient (Wildman–Crippen LogP) is 4.62. The first kappa shape index (κ1) is 17.9. The highest BCUT2D eigenvalue weighted by Gasteiger charge is 2.11. The SMILES string of the molecule is COc1ccc(/C=C/c2nc(Cl)c3cc(OC)c(OC)cc3n2)cc1F. The number of halogens is 2. The fraction of sp³-hybridized carbons (Fsp3) is 0.158. The van der Waals surface area contributed by atoms with Crippen molar-refractivity contribution in [2.45, 2.75) is 0 Å². The number of rotatable bonds is 5. The van der Waals surface area contributed by atoms with Crippen LogP contribution in [0.1, 0.15) is 11.4 Å². The molecule has 0 unspecified atom stereocenters. The molecule has 1 aromatic heterocycles. The molecular weight excluding hydrogens is 359 g/mol. The third-order valence-electron chi connectivity index (χ3n) is 3.77. The van der Waals surface area contributed by atoms with Crippen LogP contribution < -0.4 is 14.2 Å². The molecule has 0 N–H and O–H groups in total. The molecule has 5 nitrogen and oxygen atoms in total. The Morgan fingerprint density at radius 1 is 0.885 bits per heavy atom. The number of hydrogen-bond acceptors (Lipinski definition) is 5. The molecule has 0 spiro atoms. The minimum Gasteiger partial charge on any atom is -0.494 e. The van der Waals surface area contributed by atoms with Gasteiger partial charge in [0.2, 0.25) is 0 Å². The van der Waals surface area contributed by atoms with E-state index in [9.17, 15) is 4.39 Å². The van der Waals surface area contributed by atoms with Crippen LogP contribution in [0.3, 0.4) is 0 Å². The highest BCUT2D eigenvalue weighted by molar-refractivity contribution is 6.34. The van der Waals surface area contributed by atoms with Crippen molar-refractivity contribution in [3.05, 3.63) is 52.7 Å². The van der Waals surface area contributed by atoms with Crippen molar-refractivity contribution in [2.24, 2.45) is 0 Å². The molecule has 26 heavy (non-hydrogen) atoms. The van der Waals surface area contributed by atoms with Gasteiger partial charge in [-0.25, -0.2) is 14.4 Å².